The van der Waals surface area contributed by atoms with Crippen LogP contribution in [-0.4, -0.2) is 15.6 Å². The smallest absolute Gasteiger partial charge is 0.335 e. The quantitative estimate of drug-likeness (QED) is 0.948. The zero-order valence-electron chi connectivity index (χ0n) is 9.30. The van der Waals surface area contributed by atoms with Gasteiger partial charge in [0.1, 0.15) is 11.8 Å². The predicted octanol–water partition coefficient (Wildman–Crippen LogP) is 2.87. The van der Waals surface area contributed by atoms with Crippen molar-refractivity contribution in [1.82, 2.24) is 4.57 Å². The molecule has 4 nitrogen and oxygen atoms in total. The summed E-state index contributed by atoms with van der Waals surface area (Å²) >= 11 is 3.35. The number of carboxylic acid groups (broad SMARTS) is 1. The van der Waals surface area contributed by atoms with Gasteiger partial charge >= 0.3 is 5.97 Å². The van der Waals surface area contributed by atoms with Crippen molar-refractivity contribution in [3.63, 3.8) is 0 Å². The number of hydrogen-bond donors (Lipinski definition) is 1. The minimum atomic E-state index is -0.957. The lowest BCUT2D eigenvalue weighted by Crippen LogP contribution is -2.03. The van der Waals surface area contributed by atoms with Crippen LogP contribution in [0.15, 0.2) is 41.0 Å². The molecular formula is C13H9BrN2O2. The molecule has 0 spiro atoms. The highest BCUT2D eigenvalue weighted by atomic mass is 79.9. The maximum Gasteiger partial charge on any atom is 0.335 e. The molecule has 2 aromatic rings. The second-order valence-corrected chi connectivity index (χ2v) is 4.60. The molecule has 1 aromatic carbocycles. The molecule has 0 amide bonds. The molecule has 0 aliphatic rings. The third kappa shape index (κ3) is 2.44. The zero-order valence-corrected chi connectivity index (χ0v) is 10.9. The van der Waals surface area contributed by atoms with Crippen molar-refractivity contribution in [3.05, 3.63) is 57.8 Å². The Balaban J connectivity index is 2.31. The Morgan fingerprint density at radius 1 is 1.44 bits per heavy atom. The van der Waals surface area contributed by atoms with E-state index in [4.69, 9.17) is 10.4 Å². The van der Waals surface area contributed by atoms with Gasteiger partial charge in [0.15, 0.2) is 0 Å². The van der Waals surface area contributed by atoms with E-state index in [1.165, 1.54) is 0 Å². The average molecular weight is 305 g/mol. The number of benzene rings is 1. The van der Waals surface area contributed by atoms with Crippen molar-refractivity contribution in [2.24, 2.45) is 0 Å². The second kappa shape index (κ2) is 5.07. The fourth-order valence-electron chi connectivity index (χ4n) is 1.65. The summed E-state index contributed by atoms with van der Waals surface area (Å²) in [4.78, 5) is 10.8. The van der Waals surface area contributed by atoms with Crippen LogP contribution in [0.2, 0.25) is 0 Å². The monoisotopic (exact) mass is 304 g/mol. The minimum absolute atomic E-state index is 0.235. The molecule has 0 saturated carbocycles. The van der Waals surface area contributed by atoms with Gasteiger partial charge in [-0.3, -0.25) is 0 Å². The molecule has 0 radical (unpaired) electrons. The molecule has 0 fully saturated rings. The van der Waals surface area contributed by atoms with Crippen LogP contribution in [0, 0.1) is 11.3 Å². The number of carboxylic acids is 1. The summed E-state index contributed by atoms with van der Waals surface area (Å²) in [5, 5.41) is 17.8. The topological polar surface area (TPSA) is 66.0 Å². The summed E-state index contributed by atoms with van der Waals surface area (Å²) in [5.74, 6) is -0.957. The lowest BCUT2D eigenvalue weighted by molar-refractivity contribution is 0.0697. The van der Waals surface area contributed by atoms with Crippen molar-refractivity contribution in [2.75, 3.05) is 0 Å². The lowest BCUT2D eigenvalue weighted by atomic mass is 10.1. The first-order valence-electron chi connectivity index (χ1n) is 5.19. The van der Waals surface area contributed by atoms with E-state index in [1.54, 1.807) is 34.9 Å². The Bertz CT molecular complexity index is 641. The lowest BCUT2D eigenvalue weighted by Gasteiger charge is -2.08. The van der Waals surface area contributed by atoms with E-state index >= 15 is 0 Å². The Hall–Kier alpha value is -2.06. The predicted molar refractivity (Wildman–Crippen MR) is 69.4 cm³/mol. The van der Waals surface area contributed by atoms with Crippen molar-refractivity contribution in [2.45, 2.75) is 6.54 Å². The molecule has 0 aliphatic carbocycles. The van der Waals surface area contributed by atoms with E-state index < -0.39 is 5.97 Å². The highest BCUT2D eigenvalue weighted by Crippen LogP contribution is 2.20. The maximum absolute atomic E-state index is 10.8. The number of hydrogen-bond acceptors (Lipinski definition) is 2. The summed E-state index contributed by atoms with van der Waals surface area (Å²) < 4.78 is 2.53. The number of carbonyl (C=O) groups is 1. The van der Waals surface area contributed by atoms with Gasteiger partial charge in [-0.1, -0.05) is 22.0 Å². The molecule has 0 aliphatic heterocycles. The van der Waals surface area contributed by atoms with Crippen molar-refractivity contribution >= 4 is 21.9 Å². The molecule has 1 aromatic heterocycles. The van der Waals surface area contributed by atoms with Crippen LogP contribution in [0.3, 0.4) is 0 Å². The van der Waals surface area contributed by atoms with Gasteiger partial charge in [0, 0.05) is 17.2 Å². The van der Waals surface area contributed by atoms with Crippen LogP contribution in [0.4, 0.5) is 0 Å². The van der Waals surface area contributed by atoms with Gasteiger partial charge in [0.2, 0.25) is 0 Å². The van der Waals surface area contributed by atoms with E-state index in [0.717, 1.165) is 10.0 Å². The molecule has 1 N–H and O–H groups in total. The van der Waals surface area contributed by atoms with Gasteiger partial charge in [-0.15, -0.1) is 0 Å². The minimum Gasteiger partial charge on any atom is -0.478 e. The molecule has 0 unspecified atom stereocenters. The molecule has 5 heteroatoms. The average Bonchev–Trinajstić information content (AvgIpc) is 2.78. The van der Waals surface area contributed by atoms with E-state index in [0.29, 0.717) is 12.2 Å². The Labute approximate surface area is 112 Å². The van der Waals surface area contributed by atoms with Crippen LogP contribution in [0.5, 0.6) is 0 Å². The number of aromatic carboxylic acids is 1. The molecule has 0 atom stereocenters. The highest BCUT2D eigenvalue weighted by molar-refractivity contribution is 9.10. The number of halogens is 1. The van der Waals surface area contributed by atoms with Crippen LogP contribution in [0.25, 0.3) is 0 Å². The number of aromatic nitrogens is 1. The van der Waals surface area contributed by atoms with Gasteiger partial charge < -0.3 is 9.67 Å². The maximum atomic E-state index is 10.8. The SMILES string of the molecule is N#Cc1cccn1Cc1ccc(C(=O)O)cc1Br. The highest BCUT2D eigenvalue weighted by Gasteiger charge is 2.08. The molecule has 2 rings (SSSR count). The summed E-state index contributed by atoms with van der Waals surface area (Å²) in [7, 11) is 0. The molecular weight excluding hydrogens is 296 g/mol. The zero-order chi connectivity index (χ0) is 13.1. The van der Waals surface area contributed by atoms with Crippen LogP contribution in [-0.2, 0) is 6.54 Å². The summed E-state index contributed by atoms with van der Waals surface area (Å²) in [6.07, 6.45) is 1.82. The van der Waals surface area contributed by atoms with Crippen molar-refractivity contribution in [3.8, 4) is 6.07 Å². The van der Waals surface area contributed by atoms with Crippen molar-refractivity contribution < 1.29 is 9.90 Å². The first kappa shape index (κ1) is 12.4. The van der Waals surface area contributed by atoms with Gasteiger partial charge in [-0.05, 0) is 29.8 Å². The number of rotatable bonds is 3. The van der Waals surface area contributed by atoms with E-state index in [2.05, 4.69) is 22.0 Å². The van der Waals surface area contributed by atoms with Gasteiger partial charge in [-0.25, -0.2) is 4.79 Å². The molecule has 90 valence electrons. The summed E-state index contributed by atoms with van der Waals surface area (Å²) in [6, 6.07) is 10.5. The van der Waals surface area contributed by atoms with Gasteiger partial charge in [-0.2, -0.15) is 5.26 Å². The first-order valence-corrected chi connectivity index (χ1v) is 5.98. The first-order chi connectivity index (χ1) is 8.61. The second-order valence-electron chi connectivity index (χ2n) is 3.74. The molecule has 0 saturated heterocycles. The van der Waals surface area contributed by atoms with Crippen molar-refractivity contribution in [1.29, 1.82) is 5.26 Å². The summed E-state index contributed by atoms with van der Waals surface area (Å²) in [6.45, 7) is 0.524. The van der Waals surface area contributed by atoms with E-state index in [1.807, 2.05) is 6.20 Å². The van der Waals surface area contributed by atoms with Gasteiger partial charge in [0.25, 0.3) is 0 Å². The molecule has 1 heterocycles. The fraction of sp³-hybridized carbons (Fsp3) is 0.0769. The van der Waals surface area contributed by atoms with E-state index in [-0.39, 0.29) is 5.56 Å². The third-order valence-corrected chi connectivity index (χ3v) is 3.32. The standard InChI is InChI=1S/C13H9BrN2O2/c14-12-6-9(13(17)18)3-4-10(12)8-16-5-1-2-11(16)7-15/h1-6H,8H2,(H,17,18). The van der Waals surface area contributed by atoms with Crippen LogP contribution >= 0.6 is 15.9 Å². The molecule has 0 bridgehead atoms. The van der Waals surface area contributed by atoms with E-state index in [9.17, 15) is 4.79 Å². The number of nitriles is 1. The summed E-state index contributed by atoms with van der Waals surface area (Å²) in [5.41, 5.74) is 1.73. The number of nitrogens with zero attached hydrogens (tertiary/aromatic N) is 2. The largest absolute Gasteiger partial charge is 0.478 e. The Morgan fingerprint density at radius 2 is 2.22 bits per heavy atom. The Kier molecular flexibility index (Phi) is 3.49. The van der Waals surface area contributed by atoms with Crippen LogP contribution in [0.1, 0.15) is 21.6 Å². The molecule has 18 heavy (non-hydrogen) atoms. The van der Waals surface area contributed by atoms with Gasteiger partial charge in [0.05, 0.1) is 5.56 Å². The Morgan fingerprint density at radius 3 is 2.83 bits per heavy atom. The fourth-order valence-corrected chi connectivity index (χ4v) is 2.15. The third-order valence-electron chi connectivity index (χ3n) is 2.58. The van der Waals surface area contributed by atoms with Crippen LogP contribution < -0.4 is 0 Å². The normalized spacial score (nSPS) is 10.0.